The summed E-state index contributed by atoms with van der Waals surface area (Å²) >= 11 is 0. The molecular formula is C16H18Cl2N2O2. The topological polar surface area (TPSA) is 53.4 Å². The molecule has 1 aromatic heterocycles. The molecule has 0 radical (unpaired) electrons. The molecule has 0 saturated carbocycles. The Morgan fingerprint density at radius 1 is 1.14 bits per heavy atom. The first-order chi connectivity index (χ1) is 9.74. The maximum absolute atomic E-state index is 11.5. The van der Waals surface area contributed by atoms with E-state index in [4.69, 9.17) is 0 Å². The molecule has 2 aromatic rings. The van der Waals surface area contributed by atoms with E-state index in [1.54, 1.807) is 6.20 Å². The van der Waals surface area contributed by atoms with Crippen molar-refractivity contribution >= 4 is 30.8 Å². The zero-order chi connectivity index (χ0) is 13.9. The van der Waals surface area contributed by atoms with Crippen LogP contribution in [0.5, 0.6) is 0 Å². The number of rotatable bonds is 3. The van der Waals surface area contributed by atoms with Crippen LogP contribution in [0.25, 0.3) is 0 Å². The van der Waals surface area contributed by atoms with Gasteiger partial charge in [0.05, 0.1) is 5.69 Å². The van der Waals surface area contributed by atoms with Crippen LogP contribution in [0.2, 0.25) is 0 Å². The quantitative estimate of drug-likeness (QED) is 0.933. The fourth-order valence-corrected chi connectivity index (χ4v) is 2.69. The molecule has 118 valence electrons. The number of pyridine rings is 1. The van der Waals surface area contributed by atoms with Crippen molar-refractivity contribution in [2.75, 3.05) is 0 Å². The van der Waals surface area contributed by atoms with Crippen molar-refractivity contribution in [3.05, 3.63) is 65.5 Å². The highest BCUT2D eigenvalue weighted by atomic mass is 35.5. The first-order valence-corrected chi connectivity index (χ1v) is 6.67. The van der Waals surface area contributed by atoms with E-state index in [0.717, 1.165) is 11.3 Å². The lowest BCUT2D eigenvalue weighted by Crippen LogP contribution is -2.45. The van der Waals surface area contributed by atoms with Gasteiger partial charge in [-0.15, -0.1) is 24.8 Å². The Labute approximate surface area is 142 Å². The molecule has 1 atom stereocenters. The number of fused-ring (bicyclic) bond motifs is 1. The zero-order valence-corrected chi connectivity index (χ0v) is 13.5. The Morgan fingerprint density at radius 2 is 1.82 bits per heavy atom. The minimum Gasteiger partial charge on any atom is -0.480 e. The largest absolute Gasteiger partial charge is 0.480 e. The zero-order valence-electron chi connectivity index (χ0n) is 11.9. The molecule has 1 aliphatic heterocycles. The molecule has 22 heavy (non-hydrogen) atoms. The second kappa shape index (κ2) is 8.13. The summed E-state index contributed by atoms with van der Waals surface area (Å²) in [4.78, 5) is 17.8. The van der Waals surface area contributed by atoms with E-state index in [-0.39, 0.29) is 24.8 Å². The lowest BCUT2D eigenvalue weighted by atomic mass is 9.94. The van der Waals surface area contributed by atoms with Gasteiger partial charge < -0.3 is 5.11 Å². The molecule has 0 saturated heterocycles. The molecule has 2 heterocycles. The molecule has 1 N–H and O–H groups in total. The fraction of sp³-hybridized carbons (Fsp3) is 0.250. The summed E-state index contributed by atoms with van der Waals surface area (Å²) in [6.45, 7) is 1.22. The number of carbonyl (C=O) groups is 1. The number of aromatic nitrogens is 1. The van der Waals surface area contributed by atoms with Crippen LogP contribution in [0, 0.1) is 0 Å². The van der Waals surface area contributed by atoms with E-state index in [1.807, 2.05) is 41.3 Å². The molecule has 0 amide bonds. The van der Waals surface area contributed by atoms with Gasteiger partial charge >= 0.3 is 5.97 Å². The van der Waals surface area contributed by atoms with Gasteiger partial charge in [-0.05, 0) is 29.7 Å². The second-order valence-corrected chi connectivity index (χ2v) is 5.05. The molecule has 3 rings (SSSR count). The van der Waals surface area contributed by atoms with Gasteiger partial charge in [0, 0.05) is 19.3 Å². The molecule has 0 spiro atoms. The Kier molecular flexibility index (Phi) is 6.81. The molecule has 6 heteroatoms. The van der Waals surface area contributed by atoms with Gasteiger partial charge in [-0.25, -0.2) is 0 Å². The van der Waals surface area contributed by atoms with Gasteiger partial charge in [-0.1, -0.05) is 30.3 Å². The number of benzene rings is 1. The fourth-order valence-electron chi connectivity index (χ4n) is 2.69. The van der Waals surface area contributed by atoms with Crippen molar-refractivity contribution in [2.24, 2.45) is 0 Å². The van der Waals surface area contributed by atoms with Gasteiger partial charge in [0.2, 0.25) is 0 Å². The summed E-state index contributed by atoms with van der Waals surface area (Å²) in [5.74, 6) is -0.768. The van der Waals surface area contributed by atoms with Gasteiger partial charge in [0.15, 0.2) is 0 Å². The lowest BCUT2D eigenvalue weighted by Gasteiger charge is -2.34. The van der Waals surface area contributed by atoms with Crippen molar-refractivity contribution in [1.82, 2.24) is 9.88 Å². The van der Waals surface area contributed by atoms with Crippen LogP contribution in [0.3, 0.4) is 0 Å². The van der Waals surface area contributed by atoms with Crippen LogP contribution < -0.4 is 0 Å². The standard InChI is InChI=1S/C16H16N2O2.2ClH/c19-16(20)15-9-12-5-1-2-6-13(12)10-18(15)11-14-7-3-4-8-17-14;;/h1-8,15H,9-11H2,(H,19,20);2*1H. The Bertz CT molecular complexity index is 623. The predicted octanol–water partition coefficient (Wildman–Crippen LogP) is 2.94. The molecular weight excluding hydrogens is 323 g/mol. The summed E-state index contributed by atoms with van der Waals surface area (Å²) in [5.41, 5.74) is 3.25. The Balaban J connectivity index is 0.00000121. The number of aliphatic carboxylic acids is 1. The highest BCUT2D eigenvalue weighted by molar-refractivity contribution is 5.85. The van der Waals surface area contributed by atoms with Crippen molar-refractivity contribution in [3.63, 3.8) is 0 Å². The number of hydrogen-bond acceptors (Lipinski definition) is 3. The molecule has 1 unspecified atom stereocenters. The molecule has 0 aliphatic carbocycles. The van der Waals surface area contributed by atoms with Gasteiger partial charge in [-0.2, -0.15) is 0 Å². The van der Waals surface area contributed by atoms with E-state index in [1.165, 1.54) is 5.56 Å². The first kappa shape index (κ1) is 18.4. The number of nitrogens with zero attached hydrogens (tertiary/aromatic N) is 2. The SMILES string of the molecule is Cl.Cl.O=C(O)C1Cc2ccccc2CN1Cc1ccccn1. The summed E-state index contributed by atoms with van der Waals surface area (Å²) in [7, 11) is 0. The lowest BCUT2D eigenvalue weighted by molar-refractivity contribution is -0.144. The van der Waals surface area contributed by atoms with Crippen molar-refractivity contribution in [2.45, 2.75) is 25.6 Å². The molecule has 0 bridgehead atoms. The minimum absolute atomic E-state index is 0. The third-order valence-electron chi connectivity index (χ3n) is 3.72. The second-order valence-electron chi connectivity index (χ2n) is 5.05. The Morgan fingerprint density at radius 3 is 2.45 bits per heavy atom. The van der Waals surface area contributed by atoms with E-state index < -0.39 is 12.0 Å². The summed E-state index contributed by atoms with van der Waals surface area (Å²) in [6, 6.07) is 13.3. The van der Waals surface area contributed by atoms with Crippen LogP contribution in [0.1, 0.15) is 16.8 Å². The number of halogens is 2. The first-order valence-electron chi connectivity index (χ1n) is 6.67. The molecule has 1 aromatic carbocycles. The third-order valence-corrected chi connectivity index (χ3v) is 3.72. The van der Waals surface area contributed by atoms with Crippen LogP contribution >= 0.6 is 24.8 Å². The van der Waals surface area contributed by atoms with E-state index in [0.29, 0.717) is 19.5 Å². The molecule has 4 nitrogen and oxygen atoms in total. The maximum atomic E-state index is 11.5. The number of carboxylic acid groups (broad SMARTS) is 1. The summed E-state index contributed by atoms with van der Waals surface area (Å²) in [6.07, 6.45) is 2.29. The highest BCUT2D eigenvalue weighted by Crippen LogP contribution is 2.24. The average Bonchev–Trinajstić information content (AvgIpc) is 2.47. The third kappa shape index (κ3) is 3.97. The monoisotopic (exact) mass is 340 g/mol. The highest BCUT2D eigenvalue weighted by Gasteiger charge is 2.31. The summed E-state index contributed by atoms with van der Waals surface area (Å²) < 4.78 is 0. The van der Waals surface area contributed by atoms with Gasteiger partial charge in [0.25, 0.3) is 0 Å². The molecule has 1 aliphatic rings. The predicted molar refractivity (Wildman–Crippen MR) is 89.5 cm³/mol. The van der Waals surface area contributed by atoms with E-state index >= 15 is 0 Å². The van der Waals surface area contributed by atoms with E-state index in [9.17, 15) is 9.90 Å². The average molecular weight is 341 g/mol. The normalized spacial score (nSPS) is 16.8. The van der Waals surface area contributed by atoms with Crippen LogP contribution in [0.4, 0.5) is 0 Å². The maximum Gasteiger partial charge on any atom is 0.321 e. The van der Waals surface area contributed by atoms with Crippen LogP contribution in [0.15, 0.2) is 48.7 Å². The minimum atomic E-state index is -0.768. The van der Waals surface area contributed by atoms with Crippen LogP contribution in [-0.4, -0.2) is 27.0 Å². The van der Waals surface area contributed by atoms with Crippen molar-refractivity contribution in [1.29, 1.82) is 0 Å². The Hall–Kier alpha value is -1.62. The van der Waals surface area contributed by atoms with Gasteiger partial charge in [0.1, 0.15) is 6.04 Å². The van der Waals surface area contributed by atoms with Crippen molar-refractivity contribution in [3.8, 4) is 0 Å². The van der Waals surface area contributed by atoms with Gasteiger partial charge in [-0.3, -0.25) is 14.7 Å². The van der Waals surface area contributed by atoms with Crippen LogP contribution in [-0.2, 0) is 24.3 Å². The van der Waals surface area contributed by atoms with E-state index in [2.05, 4.69) is 11.1 Å². The molecule has 0 fully saturated rings. The summed E-state index contributed by atoms with van der Waals surface area (Å²) in [5, 5.41) is 9.45. The van der Waals surface area contributed by atoms with Crippen molar-refractivity contribution < 1.29 is 9.90 Å². The number of carboxylic acids is 1. The smallest absolute Gasteiger partial charge is 0.321 e. The number of hydrogen-bond donors (Lipinski definition) is 1.